The van der Waals surface area contributed by atoms with Crippen molar-refractivity contribution in [2.75, 3.05) is 26.4 Å². The van der Waals surface area contributed by atoms with E-state index in [9.17, 15) is 0 Å². The van der Waals surface area contributed by atoms with Gasteiger partial charge in [-0.3, -0.25) is 0 Å². The molecule has 1 aromatic rings. The Morgan fingerprint density at radius 3 is 2.42 bits per heavy atom. The van der Waals surface area contributed by atoms with Gasteiger partial charge < -0.3 is 23.4 Å². The molecule has 19 heavy (non-hydrogen) atoms. The zero-order chi connectivity index (χ0) is 13.5. The Balaban J connectivity index is 0.000000148. The number of hydrogen-bond acceptors (Lipinski definition) is 5. The van der Waals surface area contributed by atoms with Crippen LogP contribution >= 0.6 is 0 Å². The van der Waals surface area contributed by atoms with E-state index >= 15 is 0 Å². The van der Waals surface area contributed by atoms with Crippen LogP contribution < -0.4 is 0 Å². The molecule has 3 rings (SSSR count). The maximum absolute atomic E-state index is 5.28. The molecule has 2 aliphatic rings. The van der Waals surface area contributed by atoms with Crippen molar-refractivity contribution in [3.8, 4) is 0 Å². The molecule has 0 aliphatic carbocycles. The zero-order valence-electron chi connectivity index (χ0n) is 11.5. The van der Waals surface area contributed by atoms with Crippen LogP contribution in [0.25, 0.3) is 0 Å². The quantitative estimate of drug-likeness (QED) is 0.709. The third-order valence-electron chi connectivity index (χ3n) is 2.55. The molecule has 2 atom stereocenters. The van der Waals surface area contributed by atoms with Gasteiger partial charge in [0.25, 0.3) is 0 Å². The smallest absolute Gasteiger partial charge is 0.129 e. The van der Waals surface area contributed by atoms with Crippen LogP contribution in [0.3, 0.4) is 0 Å². The van der Waals surface area contributed by atoms with Gasteiger partial charge in [0.15, 0.2) is 0 Å². The van der Waals surface area contributed by atoms with Gasteiger partial charge in [-0.25, -0.2) is 0 Å². The number of hydrogen-bond donors (Lipinski definition) is 0. The number of ether oxygens (including phenoxy) is 4. The van der Waals surface area contributed by atoms with Crippen LogP contribution in [0.4, 0.5) is 0 Å². The summed E-state index contributed by atoms with van der Waals surface area (Å²) in [5, 5.41) is 0. The molecule has 0 radical (unpaired) electrons. The molecule has 5 heteroatoms. The van der Waals surface area contributed by atoms with Gasteiger partial charge in [0.2, 0.25) is 0 Å². The molecule has 108 valence electrons. The van der Waals surface area contributed by atoms with Crippen LogP contribution in [-0.4, -0.2) is 44.7 Å². The average Bonchev–Trinajstić information content (AvgIpc) is 3.30. The predicted octanol–water partition coefficient (Wildman–Crippen LogP) is 2.01. The van der Waals surface area contributed by atoms with Crippen molar-refractivity contribution in [1.82, 2.24) is 0 Å². The van der Waals surface area contributed by atoms with Gasteiger partial charge in [0.05, 0.1) is 38.8 Å². The normalized spacial score (nSPS) is 23.9. The molecule has 0 bridgehead atoms. The lowest BCUT2D eigenvalue weighted by Crippen LogP contribution is -2.07. The highest BCUT2D eigenvalue weighted by Crippen LogP contribution is 2.10. The Morgan fingerprint density at radius 1 is 1.21 bits per heavy atom. The molecule has 1 aromatic heterocycles. The lowest BCUT2D eigenvalue weighted by Gasteiger charge is -2.02. The molecular formula is C14H22O5. The van der Waals surface area contributed by atoms with Crippen molar-refractivity contribution >= 4 is 0 Å². The van der Waals surface area contributed by atoms with E-state index in [0.29, 0.717) is 31.5 Å². The van der Waals surface area contributed by atoms with Crippen molar-refractivity contribution in [3.05, 3.63) is 24.2 Å². The van der Waals surface area contributed by atoms with Gasteiger partial charge in [-0.15, -0.1) is 0 Å². The highest BCUT2D eigenvalue weighted by Gasteiger charge is 2.22. The van der Waals surface area contributed by atoms with Crippen molar-refractivity contribution in [2.24, 2.45) is 0 Å². The molecule has 2 aliphatic heterocycles. The lowest BCUT2D eigenvalue weighted by molar-refractivity contribution is 0.0662. The summed E-state index contributed by atoms with van der Waals surface area (Å²) in [5.74, 6) is 0.866. The standard InChI is InChI=1S/C8H10O3.C6H12O2/c1-2-7(10-3-1)4-9-5-8-6-11-8;1-5(2)7-3-6-4-8-6/h1-3,8H,4-6H2;5-6H,3-4H2,1-2H3. The van der Waals surface area contributed by atoms with E-state index in [1.54, 1.807) is 6.26 Å². The molecule has 0 aromatic carbocycles. The van der Waals surface area contributed by atoms with Gasteiger partial charge in [-0.05, 0) is 26.0 Å². The van der Waals surface area contributed by atoms with Crippen molar-refractivity contribution < 1.29 is 23.4 Å². The van der Waals surface area contributed by atoms with E-state index in [4.69, 9.17) is 23.4 Å². The molecule has 5 nitrogen and oxygen atoms in total. The van der Waals surface area contributed by atoms with Crippen molar-refractivity contribution in [2.45, 2.75) is 38.8 Å². The van der Waals surface area contributed by atoms with E-state index in [1.165, 1.54) is 0 Å². The van der Waals surface area contributed by atoms with Gasteiger partial charge in [0, 0.05) is 0 Å². The Hall–Kier alpha value is -0.880. The van der Waals surface area contributed by atoms with Crippen LogP contribution in [0, 0.1) is 0 Å². The average molecular weight is 270 g/mol. The van der Waals surface area contributed by atoms with Crippen LogP contribution in [0.15, 0.2) is 22.8 Å². The number of furan rings is 1. The Bertz CT molecular complexity index is 326. The fourth-order valence-corrected chi connectivity index (χ4v) is 1.31. The summed E-state index contributed by atoms with van der Waals surface area (Å²) in [6.07, 6.45) is 2.74. The summed E-state index contributed by atoms with van der Waals surface area (Å²) in [5.41, 5.74) is 0. The highest BCUT2D eigenvalue weighted by atomic mass is 16.6. The minimum absolute atomic E-state index is 0.338. The van der Waals surface area contributed by atoms with Crippen LogP contribution in [0.2, 0.25) is 0 Å². The first-order chi connectivity index (χ1) is 9.24. The molecule has 3 heterocycles. The van der Waals surface area contributed by atoms with Gasteiger partial charge in [0.1, 0.15) is 24.6 Å². The van der Waals surface area contributed by atoms with E-state index < -0.39 is 0 Å². The fraction of sp³-hybridized carbons (Fsp3) is 0.714. The van der Waals surface area contributed by atoms with E-state index in [2.05, 4.69) is 0 Å². The highest BCUT2D eigenvalue weighted by molar-refractivity contribution is 4.96. The van der Waals surface area contributed by atoms with E-state index in [-0.39, 0.29) is 0 Å². The SMILES string of the molecule is CC(C)OCC1CO1.c1coc(COCC2CO2)c1. The molecule has 0 amide bonds. The second-order valence-corrected chi connectivity index (χ2v) is 4.89. The molecule has 0 N–H and O–H groups in total. The molecule has 2 saturated heterocycles. The molecule has 2 fully saturated rings. The summed E-state index contributed by atoms with van der Waals surface area (Å²) in [7, 11) is 0. The van der Waals surface area contributed by atoms with E-state index in [0.717, 1.165) is 25.6 Å². The molecule has 2 unspecified atom stereocenters. The van der Waals surface area contributed by atoms with Crippen LogP contribution in [0.1, 0.15) is 19.6 Å². The fourth-order valence-electron chi connectivity index (χ4n) is 1.31. The first-order valence-electron chi connectivity index (χ1n) is 6.69. The Kier molecular flexibility index (Phi) is 5.85. The van der Waals surface area contributed by atoms with Gasteiger partial charge >= 0.3 is 0 Å². The lowest BCUT2D eigenvalue weighted by atomic mass is 10.4. The van der Waals surface area contributed by atoms with Gasteiger partial charge in [-0.1, -0.05) is 0 Å². The monoisotopic (exact) mass is 270 g/mol. The number of rotatable bonds is 7. The van der Waals surface area contributed by atoms with Crippen molar-refractivity contribution in [1.29, 1.82) is 0 Å². The first kappa shape index (κ1) is 14.5. The second kappa shape index (κ2) is 7.65. The topological polar surface area (TPSA) is 56.7 Å². The summed E-state index contributed by atoms with van der Waals surface area (Å²) < 4.78 is 25.5. The number of epoxide rings is 2. The molecule has 0 saturated carbocycles. The maximum Gasteiger partial charge on any atom is 0.129 e. The summed E-state index contributed by atoms with van der Waals surface area (Å²) >= 11 is 0. The summed E-state index contributed by atoms with van der Waals surface area (Å²) in [6.45, 7) is 7.81. The summed E-state index contributed by atoms with van der Waals surface area (Å²) in [6, 6.07) is 3.75. The summed E-state index contributed by atoms with van der Waals surface area (Å²) in [4.78, 5) is 0. The first-order valence-corrected chi connectivity index (χ1v) is 6.69. The third-order valence-corrected chi connectivity index (χ3v) is 2.55. The Morgan fingerprint density at radius 2 is 1.89 bits per heavy atom. The second-order valence-electron chi connectivity index (χ2n) is 4.89. The van der Waals surface area contributed by atoms with Crippen LogP contribution in [0.5, 0.6) is 0 Å². The predicted molar refractivity (Wildman–Crippen MR) is 68.9 cm³/mol. The minimum Gasteiger partial charge on any atom is -0.467 e. The Labute approximate surface area is 113 Å². The van der Waals surface area contributed by atoms with Crippen molar-refractivity contribution in [3.63, 3.8) is 0 Å². The van der Waals surface area contributed by atoms with Crippen LogP contribution in [-0.2, 0) is 25.6 Å². The largest absolute Gasteiger partial charge is 0.467 e. The van der Waals surface area contributed by atoms with E-state index in [1.807, 2.05) is 26.0 Å². The minimum atomic E-state index is 0.338. The van der Waals surface area contributed by atoms with Gasteiger partial charge in [-0.2, -0.15) is 0 Å². The molecular weight excluding hydrogens is 248 g/mol. The third kappa shape index (κ3) is 7.32. The maximum atomic E-state index is 5.28. The zero-order valence-corrected chi connectivity index (χ0v) is 11.5. The molecule has 0 spiro atoms.